The Bertz CT molecular complexity index is 1570. The number of aromatic amines is 1. The zero-order chi connectivity index (χ0) is 32.6. The van der Waals surface area contributed by atoms with Crippen LogP contribution in [0.5, 0.6) is 0 Å². The molecule has 3 aromatic rings. The number of hydrogen-bond donors (Lipinski definition) is 5. The Kier molecular flexibility index (Phi) is 10.7. The smallest absolute Gasteiger partial charge is 0.270 e. The number of nitrogens with zero attached hydrogens (tertiary/aromatic N) is 3. The fourth-order valence-electron chi connectivity index (χ4n) is 7.25. The molecule has 3 aliphatic heterocycles. The number of carbonyl (C=O) groups is 4. The molecule has 2 saturated heterocycles. The lowest BCUT2D eigenvalue weighted by molar-refractivity contribution is -0.143. The zero-order valence-electron chi connectivity index (χ0n) is 26.9. The summed E-state index contributed by atoms with van der Waals surface area (Å²) < 4.78 is 0. The van der Waals surface area contributed by atoms with Gasteiger partial charge in [-0.05, 0) is 75.4 Å². The molecule has 12 nitrogen and oxygen atoms in total. The summed E-state index contributed by atoms with van der Waals surface area (Å²) in [5, 5.41) is 13.0. The Morgan fingerprint density at radius 2 is 1.66 bits per heavy atom. The molecule has 6 rings (SSSR count). The molecule has 5 N–H and O–H groups in total. The molecule has 2 fully saturated rings. The van der Waals surface area contributed by atoms with Gasteiger partial charge in [-0.1, -0.05) is 30.7 Å². The van der Waals surface area contributed by atoms with Crippen LogP contribution in [0.3, 0.4) is 0 Å². The molecule has 4 amide bonds. The van der Waals surface area contributed by atoms with Crippen molar-refractivity contribution in [2.75, 3.05) is 51.1 Å². The third kappa shape index (κ3) is 8.10. The topological polar surface area (TPSA) is 152 Å². The van der Waals surface area contributed by atoms with E-state index in [0.29, 0.717) is 51.3 Å². The van der Waals surface area contributed by atoms with Crippen molar-refractivity contribution in [1.29, 1.82) is 0 Å². The number of hydrogen-bond acceptors (Lipinski definition) is 7. The van der Waals surface area contributed by atoms with E-state index >= 15 is 0 Å². The average molecular weight is 643 g/mol. The summed E-state index contributed by atoms with van der Waals surface area (Å²) in [6, 6.07) is 12.4. The van der Waals surface area contributed by atoms with Crippen molar-refractivity contribution in [3.05, 3.63) is 59.9 Å². The maximum absolute atomic E-state index is 14.0. The Hall–Kier alpha value is -4.45. The van der Waals surface area contributed by atoms with E-state index in [4.69, 9.17) is 0 Å². The molecule has 250 valence electrons. The highest BCUT2D eigenvalue weighted by Crippen LogP contribution is 2.32. The van der Waals surface area contributed by atoms with Gasteiger partial charge in [-0.25, -0.2) is 4.98 Å². The molecule has 2 bridgehead atoms. The van der Waals surface area contributed by atoms with Crippen molar-refractivity contribution in [2.24, 2.45) is 5.92 Å². The Morgan fingerprint density at radius 3 is 2.57 bits per heavy atom. The number of aromatic nitrogens is 2. The number of nitrogens with one attached hydrogen (secondary N) is 5. The monoisotopic (exact) mass is 642 g/mol. The Balaban J connectivity index is 1.17. The van der Waals surface area contributed by atoms with Gasteiger partial charge in [0.25, 0.3) is 5.91 Å². The second-order valence-corrected chi connectivity index (χ2v) is 12.9. The number of fused-ring (bicyclic) bond motifs is 4. The number of H-pyrrole nitrogens is 1. The van der Waals surface area contributed by atoms with Crippen molar-refractivity contribution in [2.45, 2.75) is 63.5 Å². The van der Waals surface area contributed by atoms with E-state index < -0.39 is 11.9 Å². The fraction of sp³-hybridized carbons (Fsp3) is 0.514. The van der Waals surface area contributed by atoms with Crippen LogP contribution in [-0.2, 0) is 20.8 Å². The van der Waals surface area contributed by atoms with Crippen molar-refractivity contribution in [1.82, 2.24) is 35.7 Å². The Morgan fingerprint density at radius 1 is 0.830 bits per heavy atom. The number of rotatable bonds is 3. The number of carbonyl (C=O) groups excluding carboxylic acids is 4. The molecule has 1 aromatic carbocycles. The minimum atomic E-state index is -0.827. The van der Waals surface area contributed by atoms with Crippen LogP contribution >= 0.6 is 0 Å². The molecule has 3 atom stereocenters. The van der Waals surface area contributed by atoms with Crippen molar-refractivity contribution >= 4 is 40.3 Å². The van der Waals surface area contributed by atoms with Gasteiger partial charge in [0.1, 0.15) is 17.6 Å². The molecule has 12 heteroatoms. The quantitative estimate of drug-likeness (QED) is 0.294. The van der Waals surface area contributed by atoms with Gasteiger partial charge in [0.05, 0.1) is 12.5 Å². The molecule has 0 radical (unpaired) electrons. The highest BCUT2D eigenvalue weighted by atomic mass is 16.2. The number of amides is 4. The van der Waals surface area contributed by atoms with Gasteiger partial charge >= 0.3 is 0 Å². The molecular formula is C35H46N8O4. The summed E-state index contributed by atoms with van der Waals surface area (Å²) in [4.78, 5) is 65.8. The maximum Gasteiger partial charge on any atom is 0.270 e. The predicted molar refractivity (Wildman–Crippen MR) is 180 cm³/mol. The van der Waals surface area contributed by atoms with E-state index in [9.17, 15) is 19.2 Å². The summed E-state index contributed by atoms with van der Waals surface area (Å²) >= 11 is 0. The van der Waals surface area contributed by atoms with E-state index in [1.54, 1.807) is 23.1 Å². The third-order valence-corrected chi connectivity index (χ3v) is 9.66. The first-order valence-corrected chi connectivity index (χ1v) is 17.1. The lowest BCUT2D eigenvalue weighted by Gasteiger charge is -2.44. The summed E-state index contributed by atoms with van der Waals surface area (Å²) in [5.41, 5.74) is 2.07. The van der Waals surface area contributed by atoms with E-state index in [0.717, 1.165) is 55.2 Å². The second kappa shape index (κ2) is 15.4. The van der Waals surface area contributed by atoms with E-state index in [1.165, 1.54) is 6.42 Å². The van der Waals surface area contributed by atoms with Crippen molar-refractivity contribution < 1.29 is 19.2 Å². The van der Waals surface area contributed by atoms with Crippen molar-refractivity contribution in [3.8, 4) is 0 Å². The van der Waals surface area contributed by atoms with Gasteiger partial charge in [-0.3, -0.25) is 24.1 Å². The lowest BCUT2D eigenvalue weighted by Crippen LogP contribution is -2.54. The SMILES string of the molecule is O=C1CN(C(=O)[C@@H]2CCCN3CCCC[C@H]23)CCCCNC(=O)C(Cc2c[nH]c3ccccc23)NC(=O)c2cccc(n2)NCCN1. The van der Waals surface area contributed by atoms with Crippen LogP contribution in [0, 0.1) is 5.92 Å². The first-order valence-electron chi connectivity index (χ1n) is 17.1. The van der Waals surface area contributed by atoms with E-state index in [1.807, 2.05) is 30.5 Å². The summed E-state index contributed by atoms with van der Waals surface area (Å²) in [6.07, 6.45) is 8.63. The van der Waals surface area contributed by atoms with Gasteiger partial charge in [-0.2, -0.15) is 0 Å². The highest BCUT2D eigenvalue weighted by molar-refractivity contribution is 5.97. The summed E-state index contributed by atoms with van der Waals surface area (Å²) in [7, 11) is 0. The maximum atomic E-state index is 14.0. The minimum Gasteiger partial charge on any atom is -0.368 e. The van der Waals surface area contributed by atoms with Gasteiger partial charge in [0, 0.05) is 55.7 Å². The van der Waals surface area contributed by atoms with Crippen LogP contribution < -0.4 is 21.3 Å². The molecule has 2 aromatic heterocycles. The molecule has 0 spiro atoms. The van der Waals surface area contributed by atoms with Crippen LogP contribution in [0.4, 0.5) is 5.82 Å². The number of benzene rings is 1. The van der Waals surface area contributed by atoms with Crippen LogP contribution in [0.25, 0.3) is 10.9 Å². The second-order valence-electron chi connectivity index (χ2n) is 12.9. The van der Waals surface area contributed by atoms with Gasteiger partial charge in [-0.15, -0.1) is 0 Å². The third-order valence-electron chi connectivity index (χ3n) is 9.66. The van der Waals surface area contributed by atoms with E-state index in [-0.39, 0.29) is 41.9 Å². The van der Waals surface area contributed by atoms with Crippen LogP contribution in [0.1, 0.15) is 61.0 Å². The lowest BCUT2D eigenvalue weighted by atomic mass is 9.82. The molecule has 5 heterocycles. The molecule has 0 aliphatic carbocycles. The normalized spacial score (nSPS) is 24.0. The number of para-hydroxylation sites is 1. The number of pyridine rings is 1. The van der Waals surface area contributed by atoms with E-state index in [2.05, 4.69) is 36.1 Å². The molecular weight excluding hydrogens is 596 g/mol. The number of anilines is 1. The summed E-state index contributed by atoms with van der Waals surface area (Å²) in [6.45, 7) is 3.64. The van der Waals surface area contributed by atoms with Crippen molar-refractivity contribution in [3.63, 3.8) is 0 Å². The Labute approximate surface area is 275 Å². The predicted octanol–water partition coefficient (Wildman–Crippen LogP) is 2.44. The highest BCUT2D eigenvalue weighted by Gasteiger charge is 2.39. The summed E-state index contributed by atoms with van der Waals surface area (Å²) in [5.74, 6) is -0.493. The molecule has 1 unspecified atom stereocenters. The van der Waals surface area contributed by atoms with Crippen LogP contribution in [0.2, 0.25) is 0 Å². The van der Waals surface area contributed by atoms with Crippen LogP contribution in [-0.4, -0.2) is 101 Å². The van der Waals surface area contributed by atoms with Gasteiger partial charge < -0.3 is 31.2 Å². The number of piperidine rings is 2. The standard InChI is InChI=1S/C35H46N8O4/c44-32-23-43(35(47)26-10-8-20-42-18-5-3-13-30(26)42)19-6-4-15-38-33(45)29(21-24-22-39-27-11-2-1-9-25(24)27)41-34(46)28-12-7-14-31(40-28)36-16-17-37-32/h1-2,7,9,11-12,14,22,26,29-30,39H,3-6,8,10,13,15-21,23H2,(H,36,40)(H,37,44)(H,38,45)(H,41,46)/t26-,29?,30-/m1/s1. The van der Waals surface area contributed by atoms with Crippen LogP contribution in [0.15, 0.2) is 48.7 Å². The first kappa shape index (κ1) is 32.5. The minimum absolute atomic E-state index is 0.00721. The fourth-order valence-corrected chi connectivity index (χ4v) is 7.25. The van der Waals surface area contributed by atoms with Gasteiger partial charge in [0.15, 0.2) is 0 Å². The van der Waals surface area contributed by atoms with Gasteiger partial charge in [0.2, 0.25) is 17.7 Å². The molecule has 47 heavy (non-hydrogen) atoms. The largest absolute Gasteiger partial charge is 0.368 e. The zero-order valence-corrected chi connectivity index (χ0v) is 26.9. The first-order chi connectivity index (χ1) is 23.0. The molecule has 0 saturated carbocycles. The molecule has 3 aliphatic rings. The average Bonchev–Trinajstić information content (AvgIpc) is 3.51.